The molecular formula is C16H22FNO4. The minimum atomic E-state index is -0.694. The summed E-state index contributed by atoms with van der Waals surface area (Å²) in [7, 11) is 2.65. The van der Waals surface area contributed by atoms with E-state index in [4.69, 9.17) is 4.74 Å². The second kappa shape index (κ2) is 8.36. The maximum Gasteiger partial charge on any atom is 0.328 e. The fourth-order valence-corrected chi connectivity index (χ4v) is 2.08. The van der Waals surface area contributed by atoms with Gasteiger partial charge in [-0.2, -0.15) is 0 Å². The fourth-order valence-electron chi connectivity index (χ4n) is 2.08. The van der Waals surface area contributed by atoms with E-state index >= 15 is 0 Å². The number of benzene rings is 1. The van der Waals surface area contributed by atoms with Crippen molar-refractivity contribution in [3.63, 3.8) is 0 Å². The molecule has 1 rings (SSSR count). The summed E-state index contributed by atoms with van der Waals surface area (Å²) in [5.41, 5.74) is 0.504. The average Bonchev–Trinajstić information content (AvgIpc) is 2.45. The normalized spacial score (nSPS) is 11.9. The van der Waals surface area contributed by atoms with Crippen LogP contribution < -0.4 is 10.1 Å². The Kier molecular flexibility index (Phi) is 6.82. The third-order valence-electron chi connectivity index (χ3n) is 3.11. The lowest BCUT2D eigenvalue weighted by Crippen LogP contribution is -2.43. The maximum atomic E-state index is 13.6. The van der Waals surface area contributed by atoms with Gasteiger partial charge in [0.2, 0.25) is 5.91 Å². The molecule has 1 unspecified atom stereocenters. The largest absolute Gasteiger partial charge is 0.494 e. The number of nitrogens with one attached hydrogen (secondary N) is 1. The molecule has 6 heteroatoms. The zero-order chi connectivity index (χ0) is 16.7. The van der Waals surface area contributed by atoms with Crippen molar-refractivity contribution >= 4 is 11.9 Å². The van der Waals surface area contributed by atoms with Crippen LogP contribution in [0.4, 0.5) is 4.39 Å². The van der Waals surface area contributed by atoms with Crippen LogP contribution in [0.25, 0.3) is 0 Å². The predicted octanol–water partition coefficient (Wildman–Crippen LogP) is 2.08. The molecule has 0 aliphatic heterocycles. The Hall–Kier alpha value is -2.11. The first-order valence-corrected chi connectivity index (χ1v) is 7.07. The molecule has 0 radical (unpaired) electrons. The first-order chi connectivity index (χ1) is 10.4. The summed E-state index contributed by atoms with van der Waals surface area (Å²) in [6.45, 7) is 3.89. The van der Waals surface area contributed by atoms with Crippen molar-refractivity contribution in [3.8, 4) is 5.75 Å². The SMILES string of the molecule is COC(=O)C(CC(C)C)NC(=O)Cc1ccc(OC)c(F)c1. The summed E-state index contributed by atoms with van der Waals surface area (Å²) in [6, 6.07) is 3.62. The Morgan fingerprint density at radius 1 is 1.27 bits per heavy atom. The van der Waals surface area contributed by atoms with Crippen LogP contribution in [0.15, 0.2) is 18.2 Å². The highest BCUT2D eigenvalue weighted by atomic mass is 19.1. The smallest absolute Gasteiger partial charge is 0.328 e. The van der Waals surface area contributed by atoms with E-state index in [9.17, 15) is 14.0 Å². The highest BCUT2D eigenvalue weighted by Crippen LogP contribution is 2.18. The third-order valence-corrected chi connectivity index (χ3v) is 3.11. The lowest BCUT2D eigenvalue weighted by atomic mass is 10.0. The van der Waals surface area contributed by atoms with Gasteiger partial charge < -0.3 is 14.8 Å². The first-order valence-electron chi connectivity index (χ1n) is 7.07. The molecule has 0 aliphatic rings. The number of hydrogen-bond acceptors (Lipinski definition) is 4. The first kappa shape index (κ1) is 17.9. The molecule has 1 N–H and O–H groups in total. The van der Waals surface area contributed by atoms with Gasteiger partial charge >= 0.3 is 5.97 Å². The molecule has 0 spiro atoms. The monoisotopic (exact) mass is 311 g/mol. The molecule has 0 fully saturated rings. The van der Waals surface area contributed by atoms with Crippen molar-refractivity contribution in [1.29, 1.82) is 0 Å². The van der Waals surface area contributed by atoms with Gasteiger partial charge in [-0.1, -0.05) is 19.9 Å². The summed E-state index contributed by atoms with van der Waals surface area (Å²) < 4.78 is 23.1. The van der Waals surface area contributed by atoms with Crippen LogP contribution in [-0.4, -0.2) is 32.1 Å². The van der Waals surface area contributed by atoms with E-state index in [0.717, 1.165) is 0 Å². The van der Waals surface area contributed by atoms with E-state index in [-0.39, 0.29) is 24.0 Å². The minimum absolute atomic E-state index is 0.0213. The summed E-state index contributed by atoms with van der Waals surface area (Å²) in [5.74, 6) is -1.03. The van der Waals surface area contributed by atoms with Gasteiger partial charge in [0.15, 0.2) is 11.6 Å². The van der Waals surface area contributed by atoms with Gasteiger partial charge in [0.05, 0.1) is 20.6 Å². The van der Waals surface area contributed by atoms with Gasteiger partial charge in [-0.05, 0) is 30.0 Å². The van der Waals surface area contributed by atoms with Crippen LogP contribution in [0, 0.1) is 11.7 Å². The van der Waals surface area contributed by atoms with Crippen molar-refractivity contribution in [2.24, 2.45) is 5.92 Å². The molecule has 0 bridgehead atoms. The summed E-state index contributed by atoms with van der Waals surface area (Å²) in [4.78, 5) is 23.7. The van der Waals surface area contributed by atoms with Crippen LogP contribution in [-0.2, 0) is 20.7 Å². The number of hydrogen-bond donors (Lipinski definition) is 1. The molecule has 1 atom stereocenters. The van der Waals surface area contributed by atoms with Crippen molar-refractivity contribution in [3.05, 3.63) is 29.6 Å². The van der Waals surface area contributed by atoms with Gasteiger partial charge in [0, 0.05) is 0 Å². The summed E-state index contributed by atoms with van der Waals surface area (Å²) >= 11 is 0. The second-order valence-electron chi connectivity index (χ2n) is 5.42. The number of rotatable bonds is 7. The Morgan fingerprint density at radius 2 is 1.95 bits per heavy atom. The molecule has 5 nitrogen and oxygen atoms in total. The molecule has 1 amide bonds. The van der Waals surface area contributed by atoms with Crippen LogP contribution in [0.3, 0.4) is 0 Å². The molecule has 0 saturated carbocycles. The number of ether oxygens (including phenoxy) is 2. The second-order valence-corrected chi connectivity index (χ2v) is 5.42. The van der Waals surface area contributed by atoms with Gasteiger partial charge in [0.1, 0.15) is 6.04 Å². The Labute approximate surface area is 129 Å². The predicted molar refractivity (Wildman–Crippen MR) is 80.1 cm³/mol. The van der Waals surface area contributed by atoms with Crippen molar-refractivity contribution in [2.75, 3.05) is 14.2 Å². The quantitative estimate of drug-likeness (QED) is 0.783. The average molecular weight is 311 g/mol. The highest BCUT2D eigenvalue weighted by molar-refractivity contribution is 5.85. The zero-order valence-electron chi connectivity index (χ0n) is 13.3. The van der Waals surface area contributed by atoms with E-state index in [2.05, 4.69) is 10.1 Å². The van der Waals surface area contributed by atoms with Crippen molar-refractivity contribution in [2.45, 2.75) is 32.7 Å². The molecule has 0 aromatic heterocycles. The lowest BCUT2D eigenvalue weighted by molar-refractivity contribution is -0.145. The number of carbonyl (C=O) groups excluding carboxylic acids is 2. The number of halogens is 1. The van der Waals surface area contributed by atoms with Gasteiger partial charge in [0.25, 0.3) is 0 Å². The molecular weight excluding hydrogens is 289 g/mol. The van der Waals surface area contributed by atoms with E-state index in [1.807, 2.05) is 13.8 Å². The number of esters is 1. The summed E-state index contributed by atoms with van der Waals surface area (Å²) in [5, 5.41) is 2.63. The van der Waals surface area contributed by atoms with Crippen LogP contribution in [0.2, 0.25) is 0 Å². The Morgan fingerprint density at radius 3 is 2.45 bits per heavy atom. The van der Waals surface area contributed by atoms with Crippen LogP contribution in [0.5, 0.6) is 5.75 Å². The summed E-state index contributed by atoms with van der Waals surface area (Å²) in [6.07, 6.45) is 0.460. The van der Waals surface area contributed by atoms with E-state index in [1.165, 1.54) is 26.4 Å². The molecule has 22 heavy (non-hydrogen) atoms. The molecule has 1 aromatic rings. The topological polar surface area (TPSA) is 64.6 Å². The standard InChI is InChI=1S/C16H22FNO4/c1-10(2)7-13(16(20)22-4)18-15(19)9-11-5-6-14(21-3)12(17)8-11/h5-6,8,10,13H,7,9H2,1-4H3,(H,18,19). The fraction of sp³-hybridized carbons (Fsp3) is 0.500. The number of carbonyl (C=O) groups is 2. The molecule has 1 aromatic carbocycles. The molecule has 0 saturated heterocycles. The van der Waals surface area contributed by atoms with E-state index < -0.39 is 17.8 Å². The number of amides is 1. The van der Waals surface area contributed by atoms with Crippen LogP contribution in [0.1, 0.15) is 25.8 Å². The zero-order valence-corrected chi connectivity index (χ0v) is 13.3. The molecule has 0 aliphatic carbocycles. The van der Waals surface area contributed by atoms with Crippen molar-refractivity contribution < 1.29 is 23.5 Å². The minimum Gasteiger partial charge on any atom is -0.494 e. The maximum absolute atomic E-state index is 13.6. The molecule has 122 valence electrons. The lowest BCUT2D eigenvalue weighted by Gasteiger charge is -2.18. The Bertz CT molecular complexity index is 531. The van der Waals surface area contributed by atoms with Gasteiger partial charge in [-0.3, -0.25) is 4.79 Å². The van der Waals surface area contributed by atoms with Gasteiger partial charge in [-0.15, -0.1) is 0 Å². The number of methoxy groups -OCH3 is 2. The van der Waals surface area contributed by atoms with E-state index in [0.29, 0.717) is 12.0 Å². The third kappa shape index (κ3) is 5.35. The van der Waals surface area contributed by atoms with Crippen LogP contribution >= 0.6 is 0 Å². The van der Waals surface area contributed by atoms with Crippen molar-refractivity contribution in [1.82, 2.24) is 5.32 Å². The highest BCUT2D eigenvalue weighted by Gasteiger charge is 2.22. The molecule has 0 heterocycles. The Balaban J connectivity index is 2.70. The van der Waals surface area contributed by atoms with Gasteiger partial charge in [-0.25, -0.2) is 9.18 Å². The van der Waals surface area contributed by atoms with E-state index in [1.54, 1.807) is 6.07 Å².